The molecular formula is C21H21ClF3N3O3. The first-order valence-electron chi connectivity index (χ1n) is 8.82. The predicted molar refractivity (Wildman–Crippen MR) is 111 cm³/mol. The van der Waals surface area contributed by atoms with Crippen molar-refractivity contribution in [1.82, 2.24) is 9.78 Å². The molecule has 1 heterocycles. The van der Waals surface area contributed by atoms with Crippen molar-refractivity contribution in [3.8, 4) is 5.69 Å². The van der Waals surface area contributed by atoms with Gasteiger partial charge < -0.3 is 15.3 Å². The highest BCUT2D eigenvalue weighted by atomic mass is 35.5. The van der Waals surface area contributed by atoms with Crippen molar-refractivity contribution < 1.29 is 27.5 Å². The lowest BCUT2D eigenvalue weighted by molar-refractivity contribution is -0.144. The van der Waals surface area contributed by atoms with Crippen LogP contribution in [0, 0.1) is 0 Å². The second kappa shape index (κ2) is 12.5. The summed E-state index contributed by atoms with van der Waals surface area (Å²) in [6, 6.07) is 16.1. The third-order valence-corrected chi connectivity index (χ3v) is 4.04. The maximum atomic E-state index is 13.1. The highest BCUT2D eigenvalue weighted by molar-refractivity contribution is 6.32. The first-order valence-corrected chi connectivity index (χ1v) is 9.19. The zero-order chi connectivity index (χ0) is 23.4. The SMILES string of the molecule is C=O.CN.O=C(Cc1cc(C(F)(F)F)nn1-c1ccccc1Cl)OCc1ccccc1. The lowest BCUT2D eigenvalue weighted by atomic mass is 10.2. The number of aromatic nitrogens is 2. The molecule has 0 fully saturated rings. The van der Waals surface area contributed by atoms with Gasteiger partial charge in [-0.1, -0.05) is 54.1 Å². The number of rotatable bonds is 5. The first kappa shape index (κ1) is 25.9. The smallest absolute Gasteiger partial charge is 0.435 e. The fourth-order valence-corrected chi connectivity index (χ4v) is 2.67. The summed E-state index contributed by atoms with van der Waals surface area (Å²) in [4.78, 5) is 20.1. The summed E-state index contributed by atoms with van der Waals surface area (Å²) in [6.45, 7) is 2.03. The lowest BCUT2D eigenvalue weighted by Crippen LogP contribution is -2.12. The number of alkyl halides is 3. The minimum Gasteiger partial charge on any atom is -0.461 e. The molecule has 2 aromatic carbocycles. The van der Waals surface area contributed by atoms with E-state index in [0.717, 1.165) is 16.3 Å². The quantitative estimate of drug-likeness (QED) is 0.582. The van der Waals surface area contributed by atoms with Gasteiger partial charge in [0.1, 0.15) is 13.4 Å². The molecule has 0 saturated heterocycles. The number of nitrogens with two attached hydrogens (primary N) is 1. The summed E-state index contributed by atoms with van der Waals surface area (Å²) < 4.78 is 45.4. The molecule has 0 unspecified atom stereocenters. The number of benzene rings is 2. The highest BCUT2D eigenvalue weighted by Crippen LogP contribution is 2.31. The molecule has 0 aliphatic carbocycles. The number of ether oxygens (including phenoxy) is 1. The van der Waals surface area contributed by atoms with Crippen molar-refractivity contribution in [3.63, 3.8) is 0 Å². The number of hydrogen-bond donors (Lipinski definition) is 1. The third-order valence-electron chi connectivity index (χ3n) is 3.72. The van der Waals surface area contributed by atoms with Crippen LogP contribution in [0.3, 0.4) is 0 Å². The average molecular weight is 456 g/mol. The zero-order valence-corrected chi connectivity index (χ0v) is 17.4. The van der Waals surface area contributed by atoms with E-state index in [1.165, 1.54) is 19.2 Å². The molecule has 1 aromatic heterocycles. The number of hydrogen-bond acceptors (Lipinski definition) is 5. The Morgan fingerprint density at radius 2 is 1.68 bits per heavy atom. The number of carbonyl (C=O) groups excluding carboxylic acids is 2. The molecule has 6 nitrogen and oxygen atoms in total. The molecule has 31 heavy (non-hydrogen) atoms. The molecule has 3 aromatic rings. The van der Waals surface area contributed by atoms with Crippen molar-refractivity contribution in [3.05, 3.63) is 82.6 Å². The summed E-state index contributed by atoms with van der Waals surface area (Å²) in [5.41, 5.74) is 4.46. The number of nitrogens with zero attached hydrogens (tertiary/aromatic N) is 2. The summed E-state index contributed by atoms with van der Waals surface area (Å²) in [5, 5.41) is 3.80. The summed E-state index contributed by atoms with van der Waals surface area (Å²) >= 11 is 6.07. The van der Waals surface area contributed by atoms with E-state index in [9.17, 15) is 18.0 Å². The normalized spacial score (nSPS) is 10.3. The van der Waals surface area contributed by atoms with E-state index in [0.29, 0.717) is 0 Å². The minimum atomic E-state index is -4.64. The van der Waals surface area contributed by atoms with Gasteiger partial charge in [-0.25, -0.2) is 4.68 Å². The Balaban J connectivity index is 0.00000113. The number of para-hydroxylation sites is 1. The van der Waals surface area contributed by atoms with Gasteiger partial charge in [0.25, 0.3) is 0 Å². The van der Waals surface area contributed by atoms with Crippen molar-refractivity contribution in [2.24, 2.45) is 5.73 Å². The van der Waals surface area contributed by atoms with Crippen LogP contribution < -0.4 is 5.73 Å². The molecule has 3 rings (SSSR count). The van der Waals surface area contributed by atoms with Gasteiger partial charge in [-0.3, -0.25) is 4.79 Å². The average Bonchev–Trinajstić information content (AvgIpc) is 3.20. The monoisotopic (exact) mass is 455 g/mol. The number of halogens is 4. The Hall–Kier alpha value is -3.17. The molecule has 0 spiro atoms. The Kier molecular flexibility index (Phi) is 10.4. The standard InChI is InChI=1S/C19H14ClF3N2O2.CH5N.CH2O/c20-15-8-4-5-9-16(15)25-14(10-17(24-25)19(21,22)23)11-18(26)27-12-13-6-2-1-3-7-13;2*1-2/h1-10H,11-12H2;2H2,1H3;1H2. The summed E-state index contributed by atoms with van der Waals surface area (Å²) in [5.74, 6) is -0.666. The van der Waals surface area contributed by atoms with E-state index in [1.807, 2.05) is 12.9 Å². The van der Waals surface area contributed by atoms with E-state index in [2.05, 4.69) is 10.8 Å². The van der Waals surface area contributed by atoms with Gasteiger partial charge in [-0.15, -0.1) is 0 Å². The maximum absolute atomic E-state index is 13.1. The van der Waals surface area contributed by atoms with Crippen LogP contribution in [0.5, 0.6) is 0 Å². The van der Waals surface area contributed by atoms with Crippen LogP contribution in [-0.4, -0.2) is 29.6 Å². The lowest BCUT2D eigenvalue weighted by Gasteiger charge is -2.09. The summed E-state index contributed by atoms with van der Waals surface area (Å²) in [6.07, 6.45) is -5.02. The number of carbonyl (C=O) groups is 2. The summed E-state index contributed by atoms with van der Waals surface area (Å²) in [7, 11) is 1.50. The van der Waals surface area contributed by atoms with Gasteiger partial charge in [-0.2, -0.15) is 18.3 Å². The molecule has 0 atom stereocenters. The fourth-order valence-electron chi connectivity index (χ4n) is 2.45. The topological polar surface area (TPSA) is 87.2 Å². The number of esters is 1. The van der Waals surface area contributed by atoms with Crippen LogP contribution in [0.15, 0.2) is 60.7 Å². The molecule has 0 saturated carbocycles. The van der Waals surface area contributed by atoms with Crippen LogP contribution in [0.1, 0.15) is 17.0 Å². The second-order valence-corrected chi connectivity index (χ2v) is 6.11. The van der Waals surface area contributed by atoms with Gasteiger partial charge in [0.2, 0.25) is 0 Å². The molecule has 0 radical (unpaired) electrons. The van der Waals surface area contributed by atoms with Crippen LogP contribution in [0.4, 0.5) is 13.2 Å². The van der Waals surface area contributed by atoms with E-state index in [4.69, 9.17) is 21.1 Å². The van der Waals surface area contributed by atoms with Crippen molar-refractivity contribution in [1.29, 1.82) is 0 Å². The van der Waals surface area contributed by atoms with Crippen LogP contribution in [0.2, 0.25) is 5.02 Å². The van der Waals surface area contributed by atoms with Gasteiger partial charge in [0.15, 0.2) is 5.69 Å². The van der Waals surface area contributed by atoms with E-state index in [-0.39, 0.29) is 29.4 Å². The van der Waals surface area contributed by atoms with Gasteiger partial charge in [0, 0.05) is 0 Å². The maximum Gasteiger partial charge on any atom is 0.435 e. The third kappa shape index (κ3) is 7.54. The van der Waals surface area contributed by atoms with Crippen molar-refractivity contribution in [2.45, 2.75) is 19.2 Å². The predicted octanol–water partition coefficient (Wildman–Crippen LogP) is 4.22. The molecular weight excluding hydrogens is 435 g/mol. The minimum absolute atomic E-state index is 0.0338. The Morgan fingerprint density at radius 3 is 2.26 bits per heavy atom. The van der Waals surface area contributed by atoms with Crippen molar-refractivity contribution in [2.75, 3.05) is 7.05 Å². The van der Waals surface area contributed by atoms with Crippen LogP contribution in [0.25, 0.3) is 5.69 Å². The largest absolute Gasteiger partial charge is 0.461 e. The first-order chi connectivity index (χ1) is 14.8. The molecule has 0 amide bonds. The van der Waals surface area contributed by atoms with Crippen LogP contribution >= 0.6 is 11.6 Å². The molecule has 10 heteroatoms. The molecule has 0 aliphatic heterocycles. The van der Waals surface area contributed by atoms with Gasteiger partial charge in [0.05, 0.1) is 22.8 Å². The highest BCUT2D eigenvalue weighted by Gasteiger charge is 2.35. The van der Waals surface area contributed by atoms with E-state index in [1.54, 1.807) is 36.4 Å². The molecule has 0 aliphatic rings. The Morgan fingerprint density at radius 1 is 1.10 bits per heavy atom. The van der Waals surface area contributed by atoms with Crippen molar-refractivity contribution >= 4 is 24.4 Å². The fraction of sp³-hybridized carbons (Fsp3) is 0.190. The van der Waals surface area contributed by atoms with E-state index < -0.39 is 17.8 Å². The molecule has 166 valence electrons. The Bertz CT molecular complexity index is 963. The second-order valence-electron chi connectivity index (χ2n) is 5.70. The van der Waals surface area contributed by atoms with Gasteiger partial charge >= 0.3 is 12.1 Å². The zero-order valence-electron chi connectivity index (χ0n) is 16.6. The van der Waals surface area contributed by atoms with Gasteiger partial charge in [-0.05, 0) is 30.8 Å². The van der Waals surface area contributed by atoms with Crippen LogP contribution in [-0.2, 0) is 33.5 Å². The Labute approximate surface area is 182 Å². The molecule has 0 bridgehead atoms. The van der Waals surface area contributed by atoms with E-state index >= 15 is 0 Å². The molecule has 2 N–H and O–H groups in total.